The molecule has 1 aliphatic rings. The molecule has 24 heavy (non-hydrogen) atoms. The molecule has 1 aliphatic heterocycles. The van der Waals surface area contributed by atoms with Gasteiger partial charge < -0.3 is 10.0 Å². The maximum absolute atomic E-state index is 12.1. The van der Waals surface area contributed by atoms with Crippen LogP contribution in [0.15, 0.2) is 17.8 Å². The van der Waals surface area contributed by atoms with E-state index < -0.39 is 0 Å². The highest BCUT2D eigenvalue weighted by molar-refractivity contribution is 7.80. The lowest BCUT2D eigenvalue weighted by Crippen LogP contribution is -2.23. The van der Waals surface area contributed by atoms with Crippen LogP contribution in [0, 0.1) is 0 Å². The van der Waals surface area contributed by atoms with Gasteiger partial charge in [0.1, 0.15) is 11.4 Å². The zero-order chi connectivity index (χ0) is 18.4. The molecule has 4 nitrogen and oxygen atoms in total. The second-order valence-electron chi connectivity index (χ2n) is 8.31. The lowest BCUT2D eigenvalue weighted by molar-refractivity contribution is -0.115. The summed E-state index contributed by atoms with van der Waals surface area (Å²) in [4.78, 5) is 13.7. The fourth-order valence-electron chi connectivity index (χ4n) is 2.71. The number of likely N-dealkylation sites (N-methyl/N-ethyl adjacent to an activating group) is 1. The first-order valence-corrected chi connectivity index (χ1v) is 8.42. The van der Waals surface area contributed by atoms with E-state index in [1.807, 2.05) is 18.2 Å². The summed E-state index contributed by atoms with van der Waals surface area (Å²) in [6.07, 6.45) is 1.82. The summed E-state index contributed by atoms with van der Waals surface area (Å²) >= 11 is 5.12. The number of nitrogens with one attached hydrogen (secondary N) is 1. The number of phenolic OH excluding ortho intramolecular Hbond substituents is 1. The number of hydrogen-bond acceptors (Lipinski definition) is 3. The van der Waals surface area contributed by atoms with Gasteiger partial charge in [0.05, 0.1) is 0 Å². The average molecular weight is 346 g/mol. The molecule has 0 unspecified atom stereocenters. The van der Waals surface area contributed by atoms with Crippen molar-refractivity contribution < 1.29 is 9.90 Å². The van der Waals surface area contributed by atoms with Crippen LogP contribution in [0.5, 0.6) is 5.75 Å². The van der Waals surface area contributed by atoms with Gasteiger partial charge in [0.15, 0.2) is 5.11 Å². The van der Waals surface area contributed by atoms with Crippen molar-refractivity contribution in [3.8, 4) is 5.75 Å². The maximum atomic E-state index is 12.1. The van der Waals surface area contributed by atoms with E-state index in [0.29, 0.717) is 16.6 Å². The van der Waals surface area contributed by atoms with Crippen LogP contribution in [-0.4, -0.2) is 28.1 Å². The second kappa shape index (κ2) is 5.88. The van der Waals surface area contributed by atoms with E-state index in [-0.39, 0.29) is 16.7 Å². The van der Waals surface area contributed by atoms with Gasteiger partial charge in [-0.25, -0.2) is 0 Å². The molecule has 2 rings (SSSR count). The third-order valence-corrected chi connectivity index (χ3v) is 4.55. The van der Waals surface area contributed by atoms with Crippen molar-refractivity contribution in [3.05, 3.63) is 34.5 Å². The molecule has 0 aromatic heterocycles. The first kappa shape index (κ1) is 18.5. The van der Waals surface area contributed by atoms with Gasteiger partial charge in [0, 0.05) is 18.2 Å². The normalized spacial score (nSPS) is 17.6. The molecule has 0 spiro atoms. The van der Waals surface area contributed by atoms with Crippen molar-refractivity contribution in [2.45, 2.75) is 52.4 Å². The molecule has 1 fully saturated rings. The molecule has 0 aliphatic carbocycles. The SMILES string of the molecule is CN1C(=S)NC(=O)C1=Cc1cc(C(C)(C)C)c(O)c(C(C)(C)C)c1. The predicted molar refractivity (Wildman–Crippen MR) is 102 cm³/mol. The number of amides is 1. The molecule has 0 radical (unpaired) electrons. The lowest BCUT2D eigenvalue weighted by Gasteiger charge is -2.28. The third kappa shape index (κ3) is 3.46. The minimum atomic E-state index is -0.211. The van der Waals surface area contributed by atoms with E-state index in [2.05, 4.69) is 46.9 Å². The summed E-state index contributed by atoms with van der Waals surface area (Å²) in [6.45, 7) is 12.4. The van der Waals surface area contributed by atoms with E-state index in [1.165, 1.54) is 0 Å². The molecule has 1 aromatic rings. The summed E-state index contributed by atoms with van der Waals surface area (Å²) in [5.41, 5.74) is 2.70. The monoisotopic (exact) mass is 346 g/mol. The van der Waals surface area contributed by atoms with Crippen molar-refractivity contribution in [1.82, 2.24) is 10.2 Å². The number of rotatable bonds is 1. The topological polar surface area (TPSA) is 52.6 Å². The van der Waals surface area contributed by atoms with Crippen molar-refractivity contribution in [3.63, 3.8) is 0 Å². The van der Waals surface area contributed by atoms with Crippen LogP contribution in [0.4, 0.5) is 0 Å². The number of hydrogen-bond donors (Lipinski definition) is 2. The highest BCUT2D eigenvalue weighted by Gasteiger charge is 2.29. The maximum Gasteiger partial charge on any atom is 0.274 e. The zero-order valence-electron chi connectivity index (χ0n) is 15.4. The van der Waals surface area contributed by atoms with E-state index in [0.717, 1.165) is 16.7 Å². The smallest absolute Gasteiger partial charge is 0.274 e. The molecule has 2 N–H and O–H groups in total. The molecule has 0 saturated carbocycles. The fourth-order valence-corrected chi connectivity index (χ4v) is 2.90. The Balaban J connectivity index is 2.68. The minimum Gasteiger partial charge on any atom is -0.507 e. The highest BCUT2D eigenvalue weighted by Crippen LogP contribution is 2.40. The summed E-state index contributed by atoms with van der Waals surface area (Å²) in [5.74, 6) is 0.127. The second-order valence-corrected chi connectivity index (χ2v) is 8.70. The molecular weight excluding hydrogens is 320 g/mol. The third-order valence-electron chi connectivity index (χ3n) is 4.17. The van der Waals surface area contributed by atoms with Gasteiger partial charge in [0.2, 0.25) is 0 Å². The number of carbonyl (C=O) groups is 1. The molecule has 0 bridgehead atoms. The first-order valence-electron chi connectivity index (χ1n) is 8.01. The van der Waals surface area contributed by atoms with E-state index >= 15 is 0 Å². The van der Waals surface area contributed by atoms with Gasteiger partial charge in [-0.3, -0.25) is 10.1 Å². The Labute approximate surface area is 149 Å². The Bertz CT molecular complexity index is 702. The number of nitrogens with zero attached hydrogens (tertiary/aromatic N) is 1. The van der Waals surface area contributed by atoms with E-state index in [1.54, 1.807) is 11.9 Å². The van der Waals surface area contributed by atoms with Gasteiger partial charge in [-0.1, -0.05) is 41.5 Å². The number of thiocarbonyl (C=S) groups is 1. The van der Waals surface area contributed by atoms with Gasteiger partial charge in [-0.2, -0.15) is 0 Å². The molecule has 1 aromatic carbocycles. The van der Waals surface area contributed by atoms with Gasteiger partial charge in [-0.05, 0) is 46.8 Å². The zero-order valence-corrected chi connectivity index (χ0v) is 16.3. The van der Waals surface area contributed by atoms with E-state index in [9.17, 15) is 9.90 Å². The summed E-state index contributed by atoms with van der Waals surface area (Å²) < 4.78 is 0. The Hall–Kier alpha value is -1.88. The van der Waals surface area contributed by atoms with Crippen LogP contribution in [0.3, 0.4) is 0 Å². The van der Waals surface area contributed by atoms with E-state index in [4.69, 9.17) is 12.2 Å². The molecule has 5 heteroatoms. The van der Waals surface area contributed by atoms with Crippen molar-refractivity contribution in [1.29, 1.82) is 0 Å². The van der Waals surface area contributed by atoms with Crippen LogP contribution in [0.2, 0.25) is 0 Å². The van der Waals surface area contributed by atoms with Crippen molar-refractivity contribution >= 4 is 29.3 Å². The summed E-state index contributed by atoms with van der Waals surface area (Å²) in [5, 5.41) is 13.8. The van der Waals surface area contributed by atoms with Crippen LogP contribution in [-0.2, 0) is 15.6 Å². The molecule has 1 saturated heterocycles. The fraction of sp³-hybridized carbons (Fsp3) is 0.474. The predicted octanol–water partition coefficient (Wildman–Crippen LogP) is 3.67. The Kier molecular flexibility index (Phi) is 4.53. The quantitative estimate of drug-likeness (QED) is 0.602. The van der Waals surface area contributed by atoms with Crippen LogP contribution < -0.4 is 5.32 Å². The summed E-state index contributed by atoms with van der Waals surface area (Å²) in [7, 11) is 1.77. The van der Waals surface area contributed by atoms with Gasteiger partial charge >= 0.3 is 0 Å². The van der Waals surface area contributed by atoms with Crippen molar-refractivity contribution in [2.24, 2.45) is 0 Å². The van der Waals surface area contributed by atoms with Gasteiger partial charge in [-0.15, -0.1) is 0 Å². The Morgan fingerprint density at radius 2 is 1.54 bits per heavy atom. The Morgan fingerprint density at radius 1 is 1.08 bits per heavy atom. The standard InChI is InChI=1S/C19H26N2O2S/c1-18(2,3)12-8-11(9-13(15(12)22)19(4,5)6)10-14-16(23)20-17(24)21(14)7/h8-10,22H,1-7H3,(H,20,23,24). The largest absolute Gasteiger partial charge is 0.507 e. The highest BCUT2D eigenvalue weighted by atomic mass is 32.1. The molecule has 130 valence electrons. The lowest BCUT2D eigenvalue weighted by atomic mass is 9.78. The molecule has 1 heterocycles. The molecule has 1 amide bonds. The number of phenols is 1. The van der Waals surface area contributed by atoms with Crippen LogP contribution in [0.1, 0.15) is 58.2 Å². The Morgan fingerprint density at radius 3 is 1.88 bits per heavy atom. The first-order chi connectivity index (χ1) is 10.8. The number of carbonyl (C=O) groups excluding carboxylic acids is 1. The molecule has 0 atom stereocenters. The number of aromatic hydroxyl groups is 1. The van der Waals surface area contributed by atoms with Crippen LogP contribution >= 0.6 is 12.2 Å². The van der Waals surface area contributed by atoms with Crippen LogP contribution in [0.25, 0.3) is 6.08 Å². The van der Waals surface area contributed by atoms with Crippen molar-refractivity contribution in [2.75, 3.05) is 7.05 Å². The molecular formula is C19H26N2O2S. The average Bonchev–Trinajstić information content (AvgIpc) is 2.64. The number of benzene rings is 1. The minimum absolute atomic E-state index is 0.204. The van der Waals surface area contributed by atoms with Gasteiger partial charge in [0.25, 0.3) is 5.91 Å². The summed E-state index contributed by atoms with van der Waals surface area (Å²) in [6, 6.07) is 3.89.